The Morgan fingerprint density at radius 3 is 2.86 bits per heavy atom. The first-order chi connectivity index (χ1) is 10.8. The van der Waals surface area contributed by atoms with Crippen molar-refractivity contribution in [2.45, 2.75) is 37.7 Å². The standard InChI is InChI=1S/C15H22N6O/c1-20-14(18-19-15(20)21-6-2-3-7-21)12-5-4-8-22-13(12)11-9-16-17-10-11/h9-10,12-13H,2-8H2,1H3,(H,16,17)/t12-,13+/m1/s1. The Morgan fingerprint density at radius 1 is 1.23 bits per heavy atom. The molecule has 0 bridgehead atoms. The molecule has 2 aliphatic heterocycles. The van der Waals surface area contributed by atoms with Gasteiger partial charge in [-0.15, -0.1) is 10.2 Å². The number of aromatic amines is 1. The van der Waals surface area contributed by atoms with Crippen LogP contribution in [0.25, 0.3) is 0 Å². The van der Waals surface area contributed by atoms with Crippen LogP contribution in [0, 0.1) is 0 Å². The molecule has 2 aromatic heterocycles. The minimum absolute atomic E-state index is 0.0156. The van der Waals surface area contributed by atoms with E-state index in [1.54, 1.807) is 0 Å². The average molecular weight is 302 g/mol. The van der Waals surface area contributed by atoms with E-state index in [2.05, 4.69) is 36.9 Å². The molecule has 0 aliphatic carbocycles. The molecule has 0 spiro atoms. The molecule has 7 nitrogen and oxygen atoms in total. The lowest BCUT2D eigenvalue weighted by Gasteiger charge is -2.30. The van der Waals surface area contributed by atoms with Gasteiger partial charge in [0.05, 0.1) is 12.3 Å². The van der Waals surface area contributed by atoms with Crippen molar-refractivity contribution in [2.75, 3.05) is 24.6 Å². The number of nitrogens with one attached hydrogen (secondary N) is 1. The molecule has 2 fully saturated rings. The lowest BCUT2D eigenvalue weighted by molar-refractivity contribution is -0.00516. The fourth-order valence-corrected chi connectivity index (χ4v) is 3.64. The van der Waals surface area contributed by atoms with Gasteiger partial charge in [0.1, 0.15) is 5.82 Å². The molecule has 0 amide bonds. The van der Waals surface area contributed by atoms with Gasteiger partial charge in [0.2, 0.25) is 5.95 Å². The van der Waals surface area contributed by atoms with Gasteiger partial charge in [0.25, 0.3) is 0 Å². The van der Waals surface area contributed by atoms with Gasteiger partial charge in [-0.1, -0.05) is 0 Å². The van der Waals surface area contributed by atoms with E-state index in [0.717, 1.165) is 49.9 Å². The second-order valence-corrected chi connectivity index (χ2v) is 6.18. The summed E-state index contributed by atoms with van der Waals surface area (Å²) in [7, 11) is 2.07. The van der Waals surface area contributed by atoms with E-state index in [0.29, 0.717) is 0 Å². The number of hydrogen-bond acceptors (Lipinski definition) is 5. The van der Waals surface area contributed by atoms with Crippen LogP contribution in [0.3, 0.4) is 0 Å². The maximum Gasteiger partial charge on any atom is 0.226 e. The van der Waals surface area contributed by atoms with E-state index in [9.17, 15) is 0 Å². The van der Waals surface area contributed by atoms with Crippen LogP contribution in [0.4, 0.5) is 5.95 Å². The highest BCUT2D eigenvalue weighted by Gasteiger charge is 2.34. The smallest absolute Gasteiger partial charge is 0.226 e. The molecule has 22 heavy (non-hydrogen) atoms. The summed E-state index contributed by atoms with van der Waals surface area (Å²) in [6, 6.07) is 0. The third kappa shape index (κ3) is 2.29. The van der Waals surface area contributed by atoms with Crippen LogP contribution in [0.1, 0.15) is 49.1 Å². The van der Waals surface area contributed by atoms with Crippen LogP contribution in [-0.4, -0.2) is 44.7 Å². The molecule has 118 valence electrons. The minimum Gasteiger partial charge on any atom is -0.373 e. The van der Waals surface area contributed by atoms with Crippen molar-refractivity contribution in [2.24, 2.45) is 7.05 Å². The van der Waals surface area contributed by atoms with E-state index < -0.39 is 0 Å². The van der Waals surface area contributed by atoms with Crippen molar-refractivity contribution in [1.29, 1.82) is 0 Å². The predicted octanol–water partition coefficient (Wildman–Crippen LogP) is 1.77. The zero-order valence-electron chi connectivity index (χ0n) is 12.9. The van der Waals surface area contributed by atoms with E-state index in [-0.39, 0.29) is 12.0 Å². The van der Waals surface area contributed by atoms with Crippen molar-refractivity contribution >= 4 is 5.95 Å². The molecule has 2 aliphatic rings. The maximum atomic E-state index is 6.02. The van der Waals surface area contributed by atoms with E-state index in [1.807, 2.05) is 12.4 Å². The minimum atomic E-state index is 0.0156. The quantitative estimate of drug-likeness (QED) is 0.935. The molecular formula is C15H22N6O. The first-order valence-corrected chi connectivity index (χ1v) is 8.09. The normalized spacial score (nSPS) is 25.8. The zero-order chi connectivity index (χ0) is 14.9. The summed E-state index contributed by atoms with van der Waals surface area (Å²) in [5, 5.41) is 15.9. The third-order valence-corrected chi connectivity index (χ3v) is 4.78. The Bertz CT molecular complexity index is 616. The summed E-state index contributed by atoms with van der Waals surface area (Å²) in [5.41, 5.74) is 1.09. The number of ether oxygens (including phenoxy) is 1. The fourth-order valence-electron chi connectivity index (χ4n) is 3.64. The number of H-pyrrole nitrogens is 1. The first kappa shape index (κ1) is 13.8. The first-order valence-electron chi connectivity index (χ1n) is 8.09. The largest absolute Gasteiger partial charge is 0.373 e. The highest BCUT2D eigenvalue weighted by Crippen LogP contribution is 2.40. The van der Waals surface area contributed by atoms with Gasteiger partial charge in [-0.2, -0.15) is 5.10 Å². The number of aromatic nitrogens is 5. The van der Waals surface area contributed by atoms with Crippen molar-refractivity contribution in [3.8, 4) is 0 Å². The van der Waals surface area contributed by atoms with Crippen LogP contribution < -0.4 is 4.90 Å². The second-order valence-electron chi connectivity index (χ2n) is 6.18. The fraction of sp³-hybridized carbons (Fsp3) is 0.667. The second kappa shape index (κ2) is 5.72. The summed E-state index contributed by atoms with van der Waals surface area (Å²) in [4.78, 5) is 2.33. The van der Waals surface area contributed by atoms with Gasteiger partial charge in [-0.3, -0.25) is 5.10 Å². The lowest BCUT2D eigenvalue weighted by atomic mass is 9.90. The molecule has 4 heterocycles. The molecule has 0 saturated carbocycles. The maximum absolute atomic E-state index is 6.02. The SMILES string of the molecule is Cn1c([C@@H]2CCCO[C@H]2c2cn[nH]c2)nnc1N1CCCC1. The van der Waals surface area contributed by atoms with Crippen LogP contribution in [0.15, 0.2) is 12.4 Å². The summed E-state index contributed by atoms with van der Waals surface area (Å²) < 4.78 is 8.17. The zero-order valence-corrected chi connectivity index (χ0v) is 12.9. The van der Waals surface area contributed by atoms with Gasteiger partial charge in [-0.25, -0.2) is 0 Å². The Balaban J connectivity index is 1.64. The van der Waals surface area contributed by atoms with E-state index in [1.165, 1.54) is 12.8 Å². The molecule has 2 atom stereocenters. The van der Waals surface area contributed by atoms with Gasteiger partial charge in [0.15, 0.2) is 0 Å². The highest BCUT2D eigenvalue weighted by molar-refractivity contribution is 5.33. The molecule has 2 saturated heterocycles. The van der Waals surface area contributed by atoms with Gasteiger partial charge >= 0.3 is 0 Å². The Hall–Kier alpha value is -1.89. The molecule has 1 N–H and O–H groups in total. The van der Waals surface area contributed by atoms with Crippen molar-refractivity contribution in [3.63, 3.8) is 0 Å². The van der Waals surface area contributed by atoms with Crippen LogP contribution in [-0.2, 0) is 11.8 Å². The number of hydrogen-bond donors (Lipinski definition) is 1. The predicted molar refractivity (Wildman–Crippen MR) is 81.7 cm³/mol. The molecule has 0 unspecified atom stereocenters. The Morgan fingerprint density at radius 2 is 2.09 bits per heavy atom. The lowest BCUT2D eigenvalue weighted by Crippen LogP contribution is -2.25. The highest BCUT2D eigenvalue weighted by atomic mass is 16.5. The molecule has 7 heteroatoms. The molecular weight excluding hydrogens is 280 g/mol. The summed E-state index contributed by atoms with van der Waals surface area (Å²) in [6.45, 7) is 2.96. The number of anilines is 1. The van der Waals surface area contributed by atoms with Gasteiger partial charge in [0, 0.05) is 44.4 Å². The van der Waals surface area contributed by atoms with Crippen molar-refractivity contribution in [1.82, 2.24) is 25.0 Å². The monoisotopic (exact) mass is 302 g/mol. The average Bonchev–Trinajstić information content (AvgIpc) is 3.29. The van der Waals surface area contributed by atoms with Crippen LogP contribution in [0.5, 0.6) is 0 Å². The van der Waals surface area contributed by atoms with E-state index in [4.69, 9.17) is 4.74 Å². The molecule has 4 rings (SSSR count). The topological polar surface area (TPSA) is 71.9 Å². The summed E-state index contributed by atoms with van der Waals surface area (Å²) in [5.74, 6) is 2.25. The van der Waals surface area contributed by atoms with E-state index >= 15 is 0 Å². The Labute approximate surface area is 129 Å². The Kier molecular flexibility index (Phi) is 3.57. The van der Waals surface area contributed by atoms with Gasteiger partial charge < -0.3 is 14.2 Å². The third-order valence-electron chi connectivity index (χ3n) is 4.78. The summed E-state index contributed by atoms with van der Waals surface area (Å²) >= 11 is 0. The van der Waals surface area contributed by atoms with Crippen molar-refractivity contribution < 1.29 is 4.74 Å². The molecule has 2 aromatic rings. The number of nitrogens with zero attached hydrogens (tertiary/aromatic N) is 5. The van der Waals surface area contributed by atoms with Gasteiger partial charge in [-0.05, 0) is 25.7 Å². The number of rotatable bonds is 3. The van der Waals surface area contributed by atoms with Crippen LogP contribution in [0.2, 0.25) is 0 Å². The van der Waals surface area contributed by atoms with Crippen LogP contribution >= 0.6 is 0 Å². The summed E-state index contributed by atoms with van der Waals surface area (Å²) in [6.07, 6.45) is 8.40. The molecule has 0 aromatic carbocycles. The van der Waals surface area contributed by atoms with Crippen molar-refractivity contribution in [3.05, 3.63) is 23.8 Å². The molecule has 0 radical (unpaired) electrons.